The van der Waals surface area contributed by atoms with Crippen molar-refractivity contribution in [3.63, 3.8) is 0 Å². The van der Waals surface area contributed by atoms with Crippen molar-refractivity contribution in [2.45, 2.75) is 51.8 Å². The van der Waals surface area contributed by atoms with Gasteiger partial charge in [0.1, 0.15) is 19.2 Å². The third kappa shape index (κ3) is 5.67. The number of piperidine rings is 1. The molecule has 0 saturated carbocycles. The van der Waals surface area contributed by atoms with E-state index < -0.39 is 0 Å². The van der Waals surface area contributed by atoms with Gasteiger partial charge in [-0.3, -0.25) is 9.69 Å². The molecule has 2 aliphatic rings. The van der Waals surface area contributed by atoms with Crippen molar-refractivity contribution in [3.05, 3.63) is 48.0 Å². The minimum atomic E-state index is 0.110. The largest absolute Gasteiger partial charge is 0.376 e. The van der Waals surface area contributed by atoms with Gasteiger partial charge < -0.3 is 9.64 Å². The Morgan fingerprint density at radius 2 is 2.03 bits per heavy atom. The van der Waals surface area contributed by atoms with Gasteiger partial charge in [-0.15, -0.1) is 0 Å². The van der Waals surface area contributed by atoms with Crippen molar-refractivity contribution < 1.29 is 9.53 Å². The summed E-state index contributed by atoms with van der Waals surface area (Å²) in [6, 6.07) is 8.64. The number of likely N-dealkylation sites (tertiary alicyclic amines) is 1. The number of amides is 1. The third-order valence-electron chi connectivity index (χ3n) is 6.41. The molecule has 4 rings (SSSR count). The molecule has 2 fully saturated rings. The highest BCUT2D eigenvalue weighted by atomic mass is 16.5. The van der Waals surface area contributed by atoms with Crippen molar-refractivity contribution in [1.29, 1.82) is 0 Å². The lowest BCUT2D eigenvalue weighted by atomic mass is 9.95. The Morgan fingerprint density at radius 3 is 2.73 bits per heavy atom. The Balaban J connectivity index is 1.31. The Bertz CT molecular complexity index is 796. The standard InChI is InChI=1S/C23H33N5O2/c1-19-5-2-3-6-21(19)14-26-10-8-20(9-11-26)13-27(15-22-7-4-12-30-22)23(29)16-28-18-24-17-25-28/h2-3,5-6,17-18,20,22H,4,7-16H2,1H3/t22-/m0/s1. The van der Waals surface area contributed by atoms with Crippen LogP contribution in [0.25, 0.3) is 0 Å². The molecule has 1 aromatic carbocycles. The fraction of sp³-hybridized carbons (Fsp3) is 0.609. The van der Waals surface area contributed by atoms with Crippen LogP contribution in [0, 0.1) is 12.8 Å². The second kappa shape index (κ2) is 10.2. The number of carbonyl (C=O) groups excluding carboxylic acids is 1. The second-order valence-electron chi connectivity index (χ2n) is 8.67. The molecule has 30 heavy (non-hydrogen) atoms. The Labute approximate surface area is 179 Å². The van der Waals surface area contributed by atoms with Crippen LogP contribution in [0.5, 0.6) is 0 Å². The summed E-state index contributed by atoms with van der Waals surface area (Å²) in [6.45, 7) is 7.94. The first kappa shape index (κ1) is 21.0. The predicted molar refractivity (Wildman–Crippen MR) is 115 cm³/mol. The van der Waals surface area contributed by atoms with Gasteiger partial charge in [0.05, 0.1) is 6.10 Å². The number of hydrogen-bond acceptors (Lipinski definition) is 5. The van der Waals surface area contributed by atoms with E-state index in [1.807, 2.05) is 4.90 Å². The maximum absolute atomic E-state index is 13.0. The minimum Gasteiger partial charge on any atom is -0.376 e. The molecular weight excluding hydrogens is 378 g/mol. The molecule has 0 spiro atoms. The molecule has 1 atom stereocenters. The summed E-state index contributed by atoms with van der Waals surface area (Å²) in [4.78, 5) is 21.5. The molecule has 2 aromatic rings. The summed E-state index contributed by atoms with van der Waals surface area (Å²) in [6.07, 6.45) is 7.64. The summed E-state index contributed by atoms with van der Waals surface area (Å²) < 4.78 is 7.42. The number of benzene rings is 1. The van der Waals surface area contributed by atoms with E-state index in [1.54, 1.807) is 11.0 Å². The van der Waals surface area contributed by atoms with E-state index in [2.05, 4.69) is 46.2 Å². The quantitative estimate of drug-likeness (QED) is 0.668. The van der Waals surface area contributed by atoms with E-state index in [9.17, 15) is 4.79 Å². The topological polar surface area (TPSA) is 63.5 Å². The zero-order valence-corrected chi connectivity index (χ0v) is 17.9. The van der Waals surface area contributed by atoms with Crippen molar-refractivity contribution in [3.8, 4) is 0 Å². The lowest BCUT2D eigenvalue weighted by Gasteiger charge is -2.35. The summed E-state index contributed by atoms with van der Waals surface area (Å²) in [7, 11) is 0. The molecule has 7 nitrogen and oxygen atoms in total. The fourth-order valence-corrected chi connectivity index (χ4v) is 4.53. The number of nitrogens with zero attached hydrogens (tertiary/aromatic N) is 5. The first-order valence-corrected chi connectivity index (χ1v) is 11.2. The van der Waals surface area contributed by atoms with Crippen molar-refractivity contribution in [2.24, 2.45) is 5.92 Å². The van der Waals surface area contributed by atoms with Gasteiger partial charge >= 0.3 is 0 Å². The molecule has 0 unspecified atom stereocenters. The number of ether oxygens (including phenoxy) is 1. The highest BCUT2D eigenvalue weighted by molar-refractivity contribution is 5.75. The van der Waals surface area contributed by atoms with E-state index >= 15 is 0 Å². The van der Waals surface area contributed by atoms with Crippen LogP contribution in [-0.4, -0.2) is 69.4 Å². The van der Waals surface area contributed by atoms with Crippen LogP contribution in [0.4, 0.5) is 0 Å². The molecule has 3 heterocycles. The lowest BCUT2D eigenvalue weighted by Crippen LogP contribution is -2.44. The van der Waals surface area contributed by atoms with Gasteiger partial charge in [-0.2, -0.15) is 5.10 Å². The molecule has 2 saturated heterocycles. The summed E-state index contributed by atoms with van der Waals surface area (Å²) in [5.41, 5.74) is 2.78. The Hall–Kier alpha value is -2.25. The van der Waals surface area contributed by atoms with Gasteiger partial charge in [-0.1, -0.05) is 24.3 Å². The number of hydrogen-bond donors (Lipinski definition) is 0. The van der Waals surface area contributed by atoms with Gasteiger partial charge in [0.15, 0.2) is 0 Å². The molecule has 1 amide bonds. The van der Waals surface area contributed by atoms with E-state index in [0.717, 1.165) is 58.5 Å². The van der Waals surface area contributed by atoms with E-state index in [0.29, 0.717) is 12.5 Å². The first-order valence-electron chi connectivity index (χ1n) is 11.2. The highest BCUT2D eigenvalue weighted by Crippen LogP contribution is 2.22. The van der Waals surface area contributed by atoms with Gasteiger partial charge in [-0.05, 0) is 62.7 Å². The van der Waals surface area contributed by atoms with Crippen LogP contribution in [-0.2, 0) is 22.6 Å². The van der Waals surface area contributed by atoms with Crippen LogP contribution in [0.3, 0.4) is 0 Å². The zero-order chi connectivity index (χ0) is 20.8. The maximum Gasteiger partial charge on any atom is 0.244 e. The van der Waals surface area contributed by atoms with Crippen LogP contribution in [0.2, 0.25) is 0 Å². The number of rotatable bonds is 8. The van der Waals surface area contributed by atoms with E-state index in [-0.39, 0.29) is 18.6 Å². The number of aromatic nitrogens is 3. The van der Waals surface area contributed by atoms with Crippen LogP contribution in [0.1, 0.15) is 36.8 Å². The van der Waals surface area contributed by atoms with Crippen molar-refractivity contribution in [2.75, 3.05) is 32.8 Å². The third-order valence-corrected chi connectivity index (χ3v) is 6.41. The van der Waals surface area contributed by atoms with Gasteiger partial charge in [0, 0.05) is 26.2 Å². The molecule has 1 aromatic heterocycles. The van der Waals surface area contributed by atoms with Crippen LogP contribution >= 0.6 is 0 Å². The van der Waals surface area contributed by atoms with Gasteiger partial charge in [0.2, 0.25) is 5.91 Å². The molecular formula is C23H33N5O2. The Kier molecular flexibility index (Phi) is 7.12. The van der Waals surface area contributed by atoms with Crippen LogP contribution < -0.4 is 0 Å². The van der Waals surface area contributed by atoms with Crippen molar-refractivity contribution >= 4 is 5.91 Å². The molecule has 7 heteroatoms. The van der Waals surface area contributed by atoms with Crippen LogP contribution in [0.15, 0.2) is 36.9 Å². The van der Waals surface area contributed by atoms with E-state index in [4.69, 9.17) is 4.74 Å². The summed E-state index contributed by atoms with van der Waals surface area (Å²) >= 11 is 0. The Morgan fingerprint density at radius 1 is 1.20 bits per heavy atom. The molecule has 0 aliphatic carbocycles. The SMILES string of the molecule is Cc1ccccc1CN1CCC(CN(C[C@@H]2CCCO2)C(=O)Cn2cncn2)CC1. The van der Waals surface area contributed by atoms with E-state index in [1.165, 1.54) is 17.5 Å². The predicted octanol–water partition coefficient (Wildman–Crippen LogP) is 2.51. The molecule has 2 aliphatic heterocycles. The zero-order valence-electron chi connectivity index (χ0n) is 17.9. The number of aryl methyl sites for hydroxylation is 1. The molecule has 0 N–H and O–H groups in total. The molecule has 0 bridgehead atoms. The minimum absolute atomic E-state index is 0.110. The number of carbonyl (C=O) groups is 1. The van der Waals surface area contributed by atoms with Gasteiger partial charge in [-0.25, -0.2) is 9.67 Å². The van der Waals surface area contributed by atoms with Crippen molar-refractivity contribution in [1.82, 2.24) is 24.6 Å². The first-order chi connectivity index (χ1) is 14.7. The maximum atomic E-state index is 13.0. The molecule has 162 valence electrons. The smallest absolute Gasteiger partial charge is 0.244 e. The lowest BCUT2D eigenvalue weighted by molar-refractivity contribution is -0.134. The average Bonchev–Trinajstić information content (AvgIpc) is 3.45. The normalized spacial score (nSPS) is 20.5. The average molecular weight is 412 g/mol. The summed E-state index contributed by atoms with van der Waals surface area (Å²) in [5.74, 6) is 0.651. The fourth-order valence-electron chi connectivity index (χ4n) is 4.53. The monoisotopic (exact) mass is 411 g/mol. The summed E-state index contributed by atoms with van der Waals surface area (Å²) in [5, 5.41) is 4.09. The molecule has 0 radical (unpaired) electrons. The van der Waals surface area contributed by atoms with Gasteiger partial charge in [0.25, 0.3) is 0 Å². The highest BCUT2D eigenvalue weighted by Gasteiger charge is 2.27. The second-order valence-corrected chi connectivity index (χ2v) is 8.67.